The molecule has 0 spiro atoms. The summed E-state index contributed by atoms with van der Waals surface area (Å²) in [6.45, 7) is 1.67. The summed E-state index contributed by atoms with van der Waals surface area (Å²) in [4.78, 5) is 20.9. The van der Waals surface area contributed by atoms with Crippen molar-refractivity contribution in [2.45, 2.75) is 91.3 Å². The van der Waals surface area contributed by atoms with E-state index in [4.69, 9.17) is 5.11 Å². The van der Waals surface area contributed by atoms with E-state index in [9.17, 15) is 124 Å². The first kappa shape index (κ1) is 50.7. The largest absolute Gasteiger partial charge is 0.478 e. The molecular weight excluding hydrogens is 822 g/mol. The molecule has 0 heterocycles. The maximum Gasteiger partial charge on any atom is 0.460 e. The number of hydrogen-bond donors (Lipinski definition) is 1. The van der Waals surface area contributed by atoms with Crippen molar-refractivity contribution in [3.63, 3.8) is 0 Å². The number of ether oxygens (including phenoxy) is 1. The van der Waals surface area contributed by atoms with Crippen LogP contribution in [0.3, 0.4) is 0 Å². The number of allylic oxidation sites excluding steroid dienone is 1. The Balaban J connectivity index is 0. The monoisotopic (exact) mass is 836 g/mol. The molecule has 0 saturated heterocycles. The first-order valence-corrected chi connectivity index (χ1v) is 12.0. The number of carbonyl (C=O) groups is 2. The molecule has 0 radical (unpaired) electrons. The molecule has 0 rings (SSSR count). The fraction of sp³-hybridized carbons (Fsp3) is 0.727. The Morgan fingerprint density at radius 1 is 0.538 bits per heavy atom. The van der Waals surface area contributed by atoms with Crippen molar-refractivity contribution in [1.82, 2.24) is 0 Å². The Morgan fingerprint density at radius 2 is 0.846 bits per heavy atom. The van der Waals surface area contributed by atoms with Gasteiger partial charge in [0, 0.05) is 17.7 Å². The maximum absolute atomic E-state index is 13.3. The topological polar surface area (TPSA) is 63.6 Å². The summed E-state index contributed by atoms with van der Waals surface area (Å²) in [5.74, 6) is -78.9. The lowest BCUT2D eigenvalue weighted by molar-refractivity contribution is -0.440. The Hall–Kier alpha value is -3.40. The molecule has 0 bridgehead atoms. The van der Waals surface area contributed by atoms with Crippen LogP contribution < -0.4 is 0 Å². The summed E-state index contributed by atoms with van der Waals surface area (Å²) in [5, 5.41) is 8.35. The zero-order chi connectivity index (χ0) is 43.0. The van der Waals surface area contributed by atoms with Crippen molar-refractivity contribution >= 4 is 11.9 Å². The van der Waals surface area contributed by atoms with Crippen molar-refractivity contribution in [3.05, 3.63) is 24.3 Å². The van der Waals surface area contributed by atoms with Gasteiger partial charge in [0.15, 0.2) is 0 Å². The van der Waals surface area contributed by atoms with E-state index >= 15 is 0 Å². The number of carbonyl (C=O) groups excluding carboxylic acids is 1. The predicted molar refractivity (Wildman–Crippen MR) is 113 cm³/mol. The normalized spacial score (nSPS) is 15.5. The Labute approximate surface area is 269 Å². The molecule has 0 aliphatic heterocycles. The molecule has 0 aliphatic rings. The minimum atomic E-state index is -8.01. The van der Waals surface area contributed by atoms with Gasteiger partial charge in [0.2, 0.25) is 0 Å². The Bertz CT molecular complexity index is 1310. The second-order valence-corrected chi connectivity index (χ2v) is 9.37. The van der Waals surface area contributed by atoms with Crippen LogP contribution in [0.1, 0.15) is 19.8 Å². The number of halogens is 26. The van der Waals surface area contributed by atoms with E-state index in [2.05, 4.69) is 11.3 Å². The van der Waals surface area contributed by atoms with Gasteiger partial charge in [-0.3, -0.25) is 0 Å². The molecule has 0 amide bonds. The number of carboxylic acid groups (broad SMARTS) is 1. The molecule has 0 saturated carbocycles. The molecule has 308 valence electrons. The molecular formula is C22H14F26O4. The third kappa shape index (κ3) is 8.53. The Kier molecular flexibility index (Phi) is 14.4. The molecule has 0 unspecified atom stereocenters. The van der Waals surface area contributed by atoms with Crippen LogP contribution in [0.4, 0.5) is 114 Å². The lowest BCUT2D eigenvalue weighted by Crippen LogP contribution is -2.70. The molecule has 0 aliphatic carbocycles. The number of aliphatic carboxylic acids is 1. The van der Waals surface area contributed by atoms with Gasteiger partial charge in [0.05, 0.1) is 13.0 Å². The zero-order valence-corrected chi connectivity index (χ0v) is 24.0. The number of carboxylic acids is 1. The van der Waals surface area contributed by atoms with E-state index < -0.39 is 115 Å². The second kappa shape index (κ2) is 14.8. The van der Waals surface area contributed by atoms with E-state index in [0.29, 0.717) is 6.08 Å². The van der Waals surface area contributed by atoms with Crippen LogP contribution in [-0.4, -0.2) is 95.2 Å². The van der Waals surface area contributed by atoms with Crippen LogP contribution in [0.2, 0.25) is 0 Å². The molecule has 4 nitrogen and oxygen atoms in total. The fourth-order valence-corrected chi connectivity index (χ4v) is 2.70. The molecule has 0 aromatic heterocycles. The highest BCUT2D eigenvalue weighted by Crippen LogP contribution is 2.62. The highest BCUT2D eigenvalue weighted by atomic mass is 19.4. The number of esters is 1. The summed E-state index contributed by atoms with van der Waals surface area (Å²) in [6, 6.07) is 0. The van der Waals surface area contributed by atoms with Gasteiger partial charge < -0.3 is 9.84 Å². The quantitative estimate of drug-likeness (QED) is 0.101. The molecule has 52 heavy (non-hydrogen) atoms. The zero-order valence-electron chi connectivity index (χ0n) is 24.0. The van der Waals surface area contributed by atoms with Gasteiger partial charge in [-0.25, -0.2) is 9.59 Å². The molecule has 0 atom stereocenters. The van der Waals surface area contributed by atoms with Crippen molar-refractivity contribution in [3.8, 4) is 0 Å². The van der Waals surface area contributed by atoms with Gasteiger partial charge in [-0.2, -0.15) is 114 Å². The molecule has 30 heteroatoms. The molecule has 0 aromatic rings. The minimum absolute atomic E-state index is 0.308. The minimum Gasteiger partial charge on any atom is -0.478 e. The summed E-state index contributed by atoms with van der Waals surface area (Å²) >= 11 is 0. The summed E-state index contributed by atoms with van der Waals surface area (Å²) in [7, 11) is 0. The predicted octanol–water partition coefficient (Wildman–Crippen LogP) is 9.99. The van der Waals surface area contributed by atoms with Gasteiger partial charge in [-0.1, -0.05) is 13.5 Å². The van der Waals surface area contributed by atoms with Crippen LogP contribution in [0, 0.1) is 0 Å². The number of hydrogen-bond acceptors (Lipinski definition) is 3. The smallest absolute Gasteiger partial charge is 0.460 e. The van der Waals surface area contributed by atoms with Gasteiger partial charge in [0.25, 0.3) is 0 Å². The SMILES string of the molecule is C=CC(=O)OCCC(F)(F)C(F)(F)C(F)(F)C(F)(F)C(F)(F)C(F)(F)F.CCC(=CC(F)(F)C(F)(F)C(F)(F)C(F)(F)C(F)(F)C(F)(F)F)C(=O)O. The summed E-state index contributed by atoms with van der Waals surface area (Å²) < 4.78 is 334. The van der Waals surface area contributed by atoms with E-state index in [1.807, 2.05) is 0 Å². The lowest BCUT2D eigenvalue weighted by atomic mass is 9.92. The first-order valence-electron chi connectivity index (χ1n) is 12.0. The van der Waals surface area contributed by atoms with E-state index in [0.717, 1.165) is 6.92 Å². The van der Waals surface area contributed by atoms with Crippen molar-refractivity contribution in [2.24, 2.45) is 0 Å². The summed E-state index contributed by atoms with van der Waals surface area (Å²) in [5.41, 5.74) is -1.71. The average molecular weight is 836 g/mol. The van der Waals surface area contributed by atoms with Crippen molar-refractivity contribution < 1.29 is 134 Å². The molecule has 1 N–H and O–H groups in total. The van der Waals surface area contributed by atoms with Gasteiger partial charge in [0.1, 0.15) is 0 Å². The van der Waals surface area contributed by atoms with Crippen LogP contribution in [0.25, 0.3) is 0 Å². The van der Waals surface area contributed by atoms with E-state index in [1.54, 1.807) is 0 Å². The molecule has 0 fully saturated rings. The standard InChI is InChI=1S/2C11H7F13O2/c1-2-5(25)26-4-3-6(12,13)7(14,15)8(16,17)9(18,19)10(20,21)11(22,23)24;1-2-4(5(25)26)3-6(12,13)7(14,15)8(16,17)9(18,19)10(20,21)11(22,23)24/h2H,1,3-4H2;3H,2H2,1H3,(H,25,26). The van der Waals surface area contributed by atoms with Gasteiger partial charge >= 0.3 is 83.5 Å². The van der Waals surface area contributed by atoms with Crippen LogP contribution >= 0.6 is 0 Å². The van der Waals surface area contributed by atoms with E-state index in [1.165, 1.54) is 0 Å². The highest BCUT2D eigenvalue weighted by molar-refractivity contribution is 5.86. The average Bonchev–Trinajstić information content (AvgIpc) is 2.93. The molecule has 0 aromatic carbocycles. The van der Waals surface area contributed by atoms with E-state index in [-0.39, 0.29) is 0 Å². The fourth-order valence-electron chi connectivity index (χ4n) is 2.70. The number of rotatable bonds is 15. The van der Waals surface area contributed by atoms with Gasteiger partial charge in [-0.15, -0.1) is 0 Å². The third-order valence-corrected chi connectivity index (χ3v) is 5.79. The second-order valence-electron chi connectivity index (χ2n) is 9.37. The van der Waals surface area contributed by atoms with Gasteiger partial charge in [-0.05, 0) is 6.42 Å². The maximum atomic E-state index is 13.3. The lowest BCUT2D eigenvalue weighted by Gasteiger charge is -2.39. The van der Waals surface area contributed by atoms with Crippen LogP contribution in [0.5, 0.6) is 0 Å². The highest BCUT2D eigenvalue weighted by Gasteiger charge is 2.92. The van der Waals surface area contributed by atoms with Crippen LogP contribution in [-0.2, 0) is 14.3 Å². The van der Waals surface area contributed by atoms with Crippen molar-refractivity contribution in [1.29, 1.82) is 0 Å². The number of alkyl halides is 26. The first-order chi connectivity index (χ1) is 22.3. The van der Waals surface area contributed by atoms with Crippen molar-refractivity contribution in [2.75, 3.05) is 6.61 Å². The van der Waals surface area contributed by atoms with Crippen LogP contribution in [0.15, 0.2) is 24.3 Å². The Morgan fingerprint density at radius 3 is 1.12 bits per heavy atom. The summed E-state index contributed by atoms with van der Waals surface area (Å²) in [6.07, 6.45) is -19.7. The third-order valence-electron chi connectivity index (χ3n) is 5.79.